The van der Waals surface area contributed by atoms with Crippen LogP contribution in [0.25, 0.3) is 11.0 Å². The van der Waals surface area contributed by atoms with Crippen LogP contribution < -0.4 is 9.64 Å². The molecule has 36 heavy (non-hydrogen) atoms. The van der Waals surface area contributed by atoms with Crippen LogP contribution in [0.15, 0.2) is 42.5 Å². The number of aliphatic carboxylic acids is 1. The maximum atomic E-state index is 12.6. The van der Waals surface area contributed by atoms with E-state index < -0.39 is 5.97 Å². The molecular formula is C28H33N3O5. The SMILES string of the molecule is COC(=O)N1c2ccc3c(nc(OCCc4ccccc4)n3C3CCC(C(=O)O)CC3)c2CCC1C. The number of aromatic nitrogens is 2. The zero-order chi connectivity index (χ0) is 25.2. The lowest BCUT2D eigenvalue weighted by molar-refractivity contribution is -0.143. The summed E-state index contributed by atoms with van der Waals surface area (Å²) >= 11 is 0. The second-order valence-electron chi connectivity index (χ2n) is 9.85. The van der Waals surface area contributed by atoms with Crippen LogP contribution in [0.3, 0.4) is 0 Å². The fourth-order valence-corrected chi connectivity index (χ4v) is 5.69. The number of hydrogen-bond donors (Lipinski definition) is 1. The molecule has 3 aromatic rings. The number of benzene rings is 2. The molecule has 1 N–H and O–H groups in total. The second kappa shape index (κ2) is 10.2. The quantitative estimate of drug-likeness (QED) is 0.497. The van der Waals surface area contributed by atoms with Gasteiger partial charge in [0.25, 0.3) is 6.01 Å². The van der Waals surface area contributed by atoms with Crippen LogP contribution in [0, 0.1) is 5.92 Å². The van der Waals surface area contributed by atoms with Gasteiger partial charge in [-0.15, -0.1) is 0 Å². The summed E-state index contributed by atoms with van der Waals surface area (Å²) in [7, 11) is 1.41. The lowest BCUT2D eigenvalue weighted by atomic mass is 9.86. The van der Waals surface area contributed by atoms with Crippen molar-refractivity contribution in [3.63, 3.8) is 0 Å². The van der Waals surface area contributed by atoms with Crippen LogP contribution in [0.5, 0.6) is 6.01 Å². The number of carbonyl (C=O) groups excluding carboxylic acids is 1. The lowest BCUT2D eigenvalue weighted by Gasteiger charge is -2.34. The normalized spacial score (nSPS) is 21.7. The van der Waals surface area contributed by atoms with Gasteiger partial charge in [-0.2, -0.15) is 4.98 Å². The molecule has 8 heteroatoms. The summed E-state index contributed by atoms with van der Waals surface area (Å²) in [5, 5.41) is 9.46. The smallest absolute Gasteiger partial charge is 0.414 e. The Morgan fingerprint density at radius 3 is 2.50 bits per heavy atom. The van der Waals surface area contributed by atoms with E-state index in [1.54, 1.807) is 4.90 Å². The molecule has 1 aromatic heterocycles. The molecule has 1 aliphatic heterocycles. The Bertz CT molecular complexity index is 1250. The monoisotopic (exact) mass is 491 g/mol. The minimum absolute atomic E-state index is 0.0392. The Hall–Kier alpha value is -3.55. The van der Waals surface area contributed by atoms with Gasteiger partial charge in [0.2, 0.25) is 0 Å². The van der Waals surface area contributed by atoms with Crippen molar-refractivity contribution in [2.24, 2.45) is 5.92 Å². The van der Waals surface area contributed by atoms with Crippen LogP contribution >= 0.6 is 0 Å². The first kappa shape index (κ1) is 24.2. The van der Waals surface area contributed by atoms with Crippen molar-refractivity contribution in [1.29, 1.82) is 0 Å². The Balaban J connectivity index is 1.51. The first-order valence-corrected chi connectivity index (χ1v) is 12.8. The van der Waals surface area contributed by atoms with Crippen LogP contribution in [0.4, 0.5) is 10.5 Å². The third-order valence-electron chi connectivity index (χ3n) is 7.67. The molecule has 0 radical (unpaired) electrons. The molecule has 2 aromatic carbocycles. The Kier molecular flexibility index (Phi) is 6.85. The van der Waals surface area contributed by atoms with Crippen molar-refractivity contribution in [2.75, 3.05) is 18.6 Å². The summed E-state index contributed by atoms with van der Waals surface area (Å²) in [5.74, 6) is -1.00. The van der Waals surface area contributed by atoms with Crippen LogP contribution in [0.2, 0.25) is 0 Å². The average molecular weight is 492 g/mol. The first-order chi connectivity index (χ1) is 17.5. The Morgan fingerprint density at radius 2 is 1.81 bits per heavy atom. The molecule has 0 saturated heterocycles. The zero-order valence-electron chi connectivity index (χ0n) is 20.9. The number of methoxy groups -OCH3 is 1. The predicted molar refractivity (Wildman–Crippen MR) is 137 cm³/mol. The summed E-state index contributed by atoms with van der Waals surface area (Å²) in [4.78, 5) is 30.8. The molecular weight excluding hydrogens is 458 g/mol. The maximum Gasteiger partial charge on any atom is 0.414 e. The van der Waals surface area contributed by atoms with Crippen molar-refractivity contribution < 1.29 is 24.2 Å². The number of rotatable bonds is 6. The van der Waals surface area contributed by atoms with E-state index in [-0.39, 0.29) is 24.1 Å². The fourth-order valence-electron chi connectivity index (χ4n) is 5.69. The zero-order valence-corrected chi connectivity index (χ0v) is 20.9. The minimum Gasteiger partial charge on any atom is -0.481 e. The molecule has 2 aliphatic rings. The van der Waals surface area contributed by atoms with Gasteiger partial charge in [-0.25, -0.2) is 4.79 Å². The highest BCUT2D eigenvalue weighted by atomic mass is 16.5. The third-order valence-corrected chi connectivity index (χ3v) is 7.67. The summed E-state index contributed by atoms with van der Waals surface area (Å²) in [6.45, 7) is 2.52. The summed E-state index contributed by atoms with van der Waals surface area (Å²) in [5.41, 5.74) is 4.89. The van der Waals surface area contributed by atoms with Crippen molar-refractivity contribution in [1.82, 2.24) is 9.55 Å². The lowest BCUT2D eigenvalue weighted by Crippen LogP contribution is -2.42. The van der Waals surface area contributed by atoms with Gasteiger partial charge in [0.1, 0.15) is 0 Å². The predicted octanol–water partition coefficient (Wildman–Crippen LogP) is 5.38. The number of aryl methyl sites for hydroxylation is 1. The number of nitrogens with zero attached hydrogens (tertiary/aromatic N) is 3. The number of hydrogen-bond acceptors (Lipinski definition) is 5. The molecule has 1 fully saturated rings. The van der Waals surface area contributed by atoms with Crippen molar-refractivity contribution in [3.8, 4) is 6.01 Å². The van der Waals surface area contributed by atoms with E-state index in [0.717, 1.165) is 54.4 Å². The van der Waals surface area contributed by atoms with Crippen LogP contribution in [0.1, 0.15) is 56.2 Å². The number of anilines is 1. The molecule has 0 bridgehead atoms. The highest BCUT2D eigenvalue weighted by molar-refractivity contribution is 5.95. The molecule has 190 valence electrons. The van der Waals surface area contributed by atoms with Gasteiger partial charge in [-0.1, -0.05) is 30.3 Å². The third kappa shape index (κ3) is 4.52. The summed E-state index contributed by atoms with van der Waals surface area (Å²) < 4.78 is 13.5. The largest absolute Gasteiger partial charge is 0.481 e. The van der Waals surface area contributed by atoms with Gasteiger partial charge in [-0.3, -0.25) is 14.3 Å². The number of imidazole rings is 1. The van der Waals surface area contributed by atoms with E-state index in [1.165, 1.54) is 12.7 Å². The Labute approximate surface area is 210 Å². The molecule has 1 amide bonds. The molecule has 5 rings (SSSR count). The number of carbonyl (C=O) groups is 2. The van der Waals surface area contributed by atoms with Gasteiger partial charge in [-0.05, 0) is 63.1 Å². The van der Waals surface area contributed by atoms with E-state index in [0.29, 0.717) is 25.5 Å². The standard InChI is InChI=1S/C28H33N3O5/c1-18-8-13-22-23(30(18)28(34)35-2)14-15-24-25(22)29-27(36-17-16-19-6-4-3-5-7-19)31(24)21-11-9-20(10-12-21)26(32)33/h3-7,14-15,18,20-21H,8-13,16-17H2,1-2H3,(H,32,33). The molecule has 1 aliphatic carbocycles. The van der Waals surface area contributed by atoms with Crippen LogP contribution in [-0.2, 0) is 22.4 Å². The van der Waals surface area contributed by atoms with Gasteiger partial charge in [0, 0.05) is 24.1 Å². The molecule has 2 heterocycles. The number of carboxylic acids is 1. The topological polar surface area (TPSA) is 93.9 Å². The Morgan fingerprint density at radius 1 is 1.06 bits per heavy atom. The van der Waals surface area contributed by atoms with Crippen molar-refractivity contribution in [2.45, 2.75) is 64.0 Å². The van der Waals surface area contributed by atoms with E-state index in [4.69, 9.17) is 14.5 Å². The average Bonchev–Trinajstić information content (AvgIpc) is 3.27. The molecule has 8 nitrogen and oxygen atoms in total. The first-order valence-electron chi connectivity index (χ1n) is 12.8. The highest BCUT2D eigenvalue weighted by Crippen LogP contribution is 2.42. The van der Waals surface area contributed by atoms with Gasteiger partial charge in [0.05, 0.1) is 36.4 Å². The number of fused-ring (bicyclic) bond motifs is 3. The molecule has 1 atom stereocenters. The number of amides is 1. The van der Waals surface area contributed by atoms with Crippen molar-refractivity contribution >= 4 is 28.8 Å². The van der Waals surface area contributed by atoms with Gasteiger partial charge in [0.15, 0.2) is 0 Å². The molecule has 1 unspecified atom stereocenters. The van der Waals surface area contributed by atoms with Crippen molar-refractivity contribution in [3.05, 3.63) is 53.6 Å². The molecule has 0 spiro atoms. The van der Waals surface area contributed by atoms with E-state index in [2.05, 4.69) is 16.7 Å². The minimum atomic E-state index is -0.714. The highest BCUT2D eigenvalue weighted by Gasteiger charge is 2.34. The van der Waals surface area contributed by atoms with Crippen LogP contribution in [-0.4, -0.2) is 46.5 Å². The maximum absolute atomic E-state index is 12.6. The number of carboxylic acid groups (broad SMARTS) is 1. The fraction of sp³-hybridized carbons (Fsp3) is 0.464. The second-order valence-corrected chi connectivity index (χ2v) is 9.85. The van der Waals surface area contributed by atoms with E-state index in [9.17, 15) is 14.7 Å². The van der Waals surface area contributed by atoms with Gasteiger partial charge < -0.3 is 14.6 Å². The van der Waals surface area contributed by atoms with Gasteiger partial charge >= 0.3 is 12.1 Å². The van der Waals surface area contributed by atoms with E-state index >= 15 is 0 Å². The summed E-state index contributed by atoms with van der Waals surface area (Å²) in [6.07, 6.45) is 4.84. The van der Waals surface area contributed by atoms with E-state index in [1.807, 2.05) is 37.3 Å². The number of ether oxygens (including phenoxy) is 2. The summed E-state index contributed by atoms with van der Waals surface area (Å²) in [6, 6.07) is 14.9. The molecule has 1 saturated carbocycles.